The van der Waals surface area contributed by atoms with Gasteiger partial charge in [-0.25, -0.2) is 19.0 Å². The molecular weight excluding hydrogens is 470 g/mol. The van der Waals surface area contributed by atoms with Crippen molar-refractivity contribution in [3.05, 3.63) is 130 Å². The number of benzene rings is 3. The highest BCUT2D eigenvalue weighted by Crippen LogP contribution is 2.25. The van der Waals surface area contributed by atoms with Crippen molar-refractivity contribution in [2.24, 2.45) is 0 Å². The van der Waals surface area contributed by atoms with E-state index in [1.54, 1.807) is 13.8 Å². The molecule has 4 rings (SSSR count). The Labute approximate surface area is 215 Å². The number of ether oxygens (including phenoxy) is 3. The molecule has 7 nitrogen and oxygen atoms in total. The lowest BCUT2D eigenvalue weighted by Gasteiger charge is -2.13. The summed E-state index contributed by atoms with van der Waals surface area (Å²) in [6.07, 6.45) is -0.877. The van der Waals surface area contributed by atoms with E-state index >= 15 is 0 Å². The summed E-state index contributed by atoms with van der Waals surface area (Å²) in [6.45, 7) is 3.30. The van der Waals surface area contributed by atoms with Gasteiger partial charge < -0.3 is 14.2 Å². The highest BCUT2D eigenvalue weighted by atomic mass is 16.6. The first-order valence-electron chi connectivity index (χ1n) is 11.8. The van der Waals surface area contributed by atoms with Gasteiger partial charge >= 0.3 is 18.0 Å². The fourth-order valence-corrected chi connectivity index (χ4v) is 3.84. The summed E-state index contributed by atoms with van der Waals surface area (Å²) in [4.78, 5) is 39.7. The lowest BCUT2D eigenvalue weighted by molar-refractivity contribution is 0.0442. The maximum atomic E-state index is 13.3. The van der Waals surface area contributed by atoms with Gasteiger partial charge in [0.1, 0.15) is 31.2 Å². The van der Waals surface area contributed by atoms with Gasteiger partial charge in [0.2, 0.25) is 0 Å². The monoisotopic (exact) mass is 497 g/mol. The molecule has 0 saturated carbocycles. The molecule has 0 unspecified atom stereocenters. The number of rotatable bonds is 8. The quantitative estimate of drug-likeness (QED) is 0.219. The van der Waals surface area contributed by atoms with Gasteiger partial charge in [-0.3, -0.25) is 0 Å². The summed E-state index contributed by atoms with van der Waals surface area (Å²) in [7, 11) is 0. The molecule has 0 saturated heterocycles. The second-order valence-corrected chi connectivity index (χ2v) is 8.45. The number of esters is 2. The largest absolute Gasteiger partial charge is 0.456 e. The zero-order valence-electron chi connectivity index (χ0n) is 20.7. The Hall–Kier alpha value is -4.65. The van der Waals surface area contributed by atoms with E-state index in [4.69, 9.17) is 14.2 Å². The highest BCUT2D eigenvalue weighted by molar-refractivity contribution is 6.01. The molecule has 1 aromatic heterocycles. The second kappa shape index (κ2) is 11.9. The third-order valence-corrected chi connectivity index (χ3v) is 5.92. The number of carbonyl (C=O) groups is 3. The van der Waals surface area contributed by atoms with Crippen molar-refractivity contribution in [2.45, 2.75) is 33.7 Å². The summed E-state index contributed by atoms with van der Waals surface area (Å²) in [5.41, 5.74) is 3.06. The van der Waals surface area contributed by atoms with E-state index in [-0.39, 0.29) is 31.2 Å². The average molecular weight is 498 g/mol. The zero-order chi connectivity index (χ0) is 26.2. The molecular formula is C30H27NO6. The minimum atomic E-state index is -0.877. The van der Waals surface area contributed by atoms with Crippen LogP contribution in [-0.2, 0) is 34.0 Å². The fourth-order valence-electron chi connectivity index (χ4n) is 3.84. The van der Waals surface area contributed by atoms with E-state index in [2.05, 4.69) is 0 Å². The maximum Gasteiger partial charge on any atom is 0.419 e. The highest BCUT2D eigenvalue weighted by Gasteiger charge is 2.32. The molecule has 0 spiro atoms. The number of hydrogen-bond acceptors (Lipinski definition) is 6. The van der Waals surface area contributed by atoms with Crippen LogP contribution >= 0.6 is 0 Å². The SMILES string of the molecule is Cc1c(C)c(C(=O)OCc2ccccc2)n(C(=O)OCc2ccccc2)c1C(=O)OCc1ccccc1. The Morgan fingerprint density at radius 2 is 0.865 bits per heavy atom. The van der Waals surface area contributed by atoms with Crippen LogP contribution in [0.2, 0.25) is 0 Å². The van der Waals surface area contributed by atoms with Gasteiger partial charge in [-0.05, 0) is 41.7 Å². The van der Waals surface area contributed by atoms with Crippen molar-refractivity contribution < 1.29 is 28.6 Å². The zero-order valence-corrected chi connectivity index (χ0v) is 20.7. The lowest BCUT2D eigenvalue weighted by Crippen LogP contribution is -2.25. The Balaban J connectivity index is 1.64. The van der Waals surface area contributed by atoms with Crippen molar-refractivity contribution in [3.8, 4) is 0 Å². The summed E-state index contributed by atoms with van der Waals surface area (Å²) < 4.78 is 17.5. The number of carbonyl (C=O) groups excluding carboxylic acids is 3. The summed E-state index contributed by atoms with van der Waals surface area (Å²) in [6, 6.07) is 27.5. The predicted octanol–water partition coefficient (Wildman–Crippen LogP) is 6.00. The van der Waals surface area contributed by atoms with Gasteiger partial charge in [0.05, 0.1) is 0 Å². The van der Waals surface area contributed by atoms with Crippen LogP contribution in [-0.4, -0.2) is 22.6 Å². The van der Waals surface area contributed by atoms with Crippen LogP contribution < -0.4 is 0 Å². The van der Waals surface area contributed by atoms with Crippen molar-refractivity contribution in [2.75, 3.05) is 0 Å². The third kappa shape index (κ3) is 6.13. The minimum Gasteiger partial charge on any atom is -0.456 e. The van der Waals surface area contributed by atoms with Gasteiger partial charge in [-0.15, -0.1) is 0 Å². The molecule has 0 bridgehead atoms. The van der Waals surface area contributed by atoms with Crippen molar-refractivity contribution in [1.29, 1.82) is 0 Å². The van der Waals surface area contributed by atoms with E-state index in [0.29, 0.717) is 11.1 Å². The van der Waals surface area contributed by atoms with Crippen LogP contribution in [0, 0.1) is 13.8 Å². The van der Waals surface area contributed by atoms with Gasteiger partial charge in [0, 0.05) is 0 Å². The molecule has 188 valence electrons. The Morgan fingerprint density at radius 1 is 0.541 bits per heavy atom. The van der Waals surface area contributed by atoms with E-state index < -0.39 is 18.0 Å². The molecule has 37 heavy (non-hydrogen) atoms. The molecule has 7 heteroatoms. The number of nitrogens with zero attached hydrogens (tertiary/aromatic N) is 1. The second-order valence-electron chi connectivity index (χ2n) is 8.45. The smallest absolute Gasteiger partial charge is 0.419 e. The molecule has 1 heterocycles. The van der Waals surface area contributed by atoms with E-state index in [1.807, 2.05) is 91.0 Å². The normalized spacial score (nSPS) is 10.5. The Morgan fingerprint density at radius 3 is 1.22 bits per heavy atom. The lowest BCUT2D eigenvalue weighted by atomic mass is 10.1. The van der Waals surface area contributed by atoms with Crippen LogP contribution in [0.4, 0.5) is 4.79 Å². The van der Waals surface area contributed by atoms with Crippen molar-refractivity contribution in [1.82, 2.24) is 4.57 Å². The molecule has 0 aliphatic carbocycles. The Kier molecular flexibility index (Phi) is 8.15. The van der Waals surface area contributed by atoms with E-state index in [0.717, 1.165) is 21.3 Å². The first-order valence-corrected chi connectivity index (χ1v) is 11.8. The number of hydrogen-bond donors (Lipinski definition) is 0. The minimum absolute atomic E-state index is 0.0101. The summed E-state index contributed by atoms with van der Waals surface area (Å²) in [5, 5.41) is 0. The van der Waals surface area contributed by atoms with Crippen LogP contribution in [0.25, 0.3) is 0 Å². The molecule has 0 atom stereocenters. The van der Waals surface area contributed by atoms with Crippen molar-refractivity contribution in [3.63, 3.8) is 0 Å². The van der Waals surface area contributed by atoms with Gasteiger partial charge in [-0.2, -0.15) is 0 Å². The van der Waals surface area contributed by atoms with E-state index in [1.165, 1.54) is 0 Å². The first-order chi connectivity index (χ1) is 18.0. The summed E-state index contributed by atoms with van der Waals surface area (Å²) in [5.74, 6) is -1.49. The van der Waals surface area contributed by atoms with Gasteiger partial charge in [0.25, 0.3) is 0 Å². The average Bonchev–Trinajstić information content (AvgIpc) is 3.21. The standard InChI is InChI=1S/C30H27NO6/c1-21-22(2)27(29(33)36-19-24-14-8-4-9-15-24)31(30(34)37-20-25-16-10-5-11-17-25)26(21)28(32)35-18-23-12-6-3-7-13-23/h3-17H,18-20H2,1-2H3. The van der Waals surface area contributed by atoms with Crippen LogP contribution in [0.15, 0.2) is 91.0 Å². The van der Waals surface area contributed by atoms with Crippen molar-refractivity contribution >= 4 is 18.0 Å². The molecule has 0 fully saturated rings. The molecule has 0 radical (unpaired) electrons. The fraction of sp³-hybridized carbons (Fsp3) is 0.167. The molecule has 3 aromatic carbocycles. The summed E-state index contributed by atoms with van der Waals surface area (Å²) >= 11 is 0. The molecule has 0 amide bonds. The van der Waals surface area contributed by atoms with Gasteiger partial charge in [0.15, 0.2) is 0 Å². The predicted molar refractivity (Wildman–Crippen MR) is 137 cm³/mol. The molecule has 0 aliphatic heterocycles. The van der Waals surface area contributed by atoms with Crippen LogP contribution in [0.3, 0.4) is 0 Å². The maximum absolute atomic E-state index is 13.3. The Bertz CT molecular complexity index is 1300. The third-order valence-electron chi connectivity index (χ3n) is 5.92. The van der Waals surface area contributed by atoms with Crippen LogP contribution in [0.5, 0.6) is 0 Å². The van der Waals surface area contributed by atoms with E-state index in [9.17, 15) is 14.4 Å². The molecule has 0 N–H and O–H groups in total. The molecule has 4 aromatic rings. The first kappa shape index (κ1) is 25.4. The topological polar surface area (TPSA) is 83.8 Å². The number of aromatic nitrogens is 1. The molecule has 0 aliphatic rings. The van der Waals surface area contributed by atoms with Crippen LogP contribution in [0.1, 0.15) is 48.8 Å². The van der Waals surface area contributed by atoms with Gasteiger partial charge in [-0.1, -0.05) is 91.0 Å².